The van der Waals surface area contributed by atoms with Gasteiger partial charge in [0.15, 0.2) is 11.5 Å². The van der Waals surface area contributed by atoms with E-state index >= 15 is 0 Å². The standard InChI is InChI=1S/C13H15F3O3/c1-2-10(17)6-5-9-18-11-7-3-4-8-12(11)19-13(14,15)16/h3-4,7-8H,2,5-6,9H2,1H3. The first-order valence-electron chi connectivity index (χ1n) is 5.91. The highest BCUT2D eigenvalue weighted by Gasteiger charge is 2.32. The molecule has 0 aliphatic carbocycles. The van der Waals surface area contributed by atoms with Crippen LogP contribution in [0.4, 0.5) is 13.2 Å². The van der Waals surface area contributed by atoms with Crippen LogP contribution in [0.5, 0.6) is 11.5 Å². The van der Waals surface area contributed by atoms with Gasteiger partial charge in [0.1, 0.15) is 5.78 Å². The monoisotopic (exact) mass is 276 g/mol. The molecule has 0 spiro atoms. The third-order valence-corrected chi connectivity index (χ3v) is 2.33. The van der Waals surface area contributed by atoms with Gasteiger partial charge in [0, 0.05) is 12.8 Å². The molecule has 0 atom stereocenters. The van der Waals surface area contributed by atoms with Crippen LogP contribution in [-0.4, -0.2) is 18.8 Å². The van der Waals surface area contributed by atoms with Crippen LogP contribution in [0.2, 0.25) is 0 Å². The summed E-state index contributed by atoms with van der Waals surface area (Å²) in [5.74, 6) is -0.260. The Labute approximate surface area is 109 Å². The van der Waals surface area contributed by atoms with E-state index in [1.54, 1.807) is 13.0 Å². The lowest BCUT2D eigenvalue weighted by Gasteiger charge is -2.13. The van der Waals surface area contributed by atoms with E-state index < -0.39 is 6.36 Å². The quantitative estimate of drug-likeness (QED) is 0.712. The highest BCUT2D eigenvalue weighted by atomic mass is 19.4. The Hall–Kier alpha value is -1.72. The second-order valence-corrected chi connectivity index (χ2v) is 3.84. The zero-order valence-corrected chi connectivity index (χ0v) is 10.5. The molecular formula is C13H15F3O3. The Kier molecular flexibility index (Phi) is 5.66. The Balaban J connectivity index is 2.51. The number of rotatable bonds is 7. The third-order valence-electron chi connectivity index (χ3n) is 2.33. The van der Waals surface area contributed by atoms with Crippen molar-refractivity contribution < 1.29 is 27.4 Å². The minimum atomic E-state index is -4.75. The van der Waals surface area contributed by atoms with E-state index in [0.29, 0.717) is 19.3 Å². The van der Waals surface area contributed by atoms with Crippen molar-refractivity contribution in [1.82, 2.24) is 0 Å². The molecule has 0 aliphatic rings. The van der Waals surface area contributed by atoms with Crippen LogP contribution < -0.4 is 9.47 Å². The molecule has 0 fully saturated rings. The van der Waals surface area contributed by atoms with E-state index in [1.165, 1.54) is 18.2 Å². The summed E-state index contributed by atoms with van der Waals surface area (Å²) in [4.78, 5) is 11.0. The van der Waals surface area contributed by atoms with E-state index in [-0.39, 0.29) is 23.9 Å². The number of hydrogen-bond donors (Lipinski definition) is 0. The average Bonchev–Trinajstić information content (AvgIpc) is 2.34. The third kappa shape index (κ3) is 6.13. The van der Waals surface area contributed by atoms with Gasteiger partial charge in [0.2, 0.25) is 0 Å². The first-order chi connectivity index (χ1) is 8.92. The molecule has 0 saturated carbocycles. The number of ether oxygens (including phenoxy) is 2. The van der Waals surface area contributed by atoms with Crippen molar-refractivity contribution in [1.29, 1.82) is 0 Å². The molecule has 0 N–H and O–H groups in total. The Morgan fingerprint density at radius 2 is 1.84 bits per heavy atom. The second kappa shape index (κ2) is 7.01. The maximum absolute atomic E-state index is 12.1. The number of carbonyl (C=O) groups is 1. The van der Waals surface area contributed by atoms with E-state index in [1.807, 2.05) is 0 Å². The van der Waals surface area contributed by atoms with Crippen molar-refractivity contribution >= 4 is 5.78 Å². The van der Waals surface area contributed by atoms with Crippen molar-refractivity contribution in [2.24, 2.45) is 0 Å². The van der Waals surface area contributed by atoms with Gasteiger partial charge in [-0.3, -0.25) is 4.79 Å². The van der Waals surface area contributed by atoms with Gasteiger partial charge in [0.05, 0.1) is 6.61 Å². The minimum Gasteiger partial charge on any atom is -0.490 e. The lowest BCUT2D eigenvalue weighted by molar-refractivity contribution is -0.275. The number of para-hydroxylation sites is 2. The fourth-order valence-corrected chi connectivity index (χ4v) is 1.41. The number of hydrogen-bond acceptors (Lipinski definition) is 3. The molecule has 0 bridgehead atoms. The first kappa shape index (κ1) is 15.3. The van der Waals surface area contributed by atoms with E-state index in [2.05, 4.69) is 4.74 Å². The van der Waals surface area contributed by atoms with Gasteiger partial charge in [-0.15, -0.1) is 13.2 Å². The van der Waals surface area contributed by atoms with Gasteiger partial charge in [-0.05, 0) is 18.6 Å². The van der Waals surface area contributed by atoms with Gasteiger partial charge in [-0.1, -0.05) is 19.1 Å². The summed E-state index contributed by atoms with van der Waals surface area (Å²) in [7, 11) is 0. The predicted molar refractivity (Wildman–Crippen MR) is 63.2 cm³/mol. The van der Waals surface area contributed by atoms with Crippen molar-refractivity contribution in [2.45, 2.75) is 32.5 Å². The lowest BCUT2D eigenvalue weighted by atomic mass is 10.2. The van der Waals surface area contributed by atoms with Crippen LogP contribution in [0, 0.1) is 0 Å². The van der Waals surface area contributed by atoms with Crippen LogP contribution in [0.3, 0.4) is 0 Å². The van der Waals surface area contributed by atoms with Gasteiger partial charge in [-0.25, -0.2) is 0 Å². The maximum Gasteiger partial charge on any atom is 0.573 e. The molecular weight excluding hydrogens is 261 g/mol. The molecule has 0 aliphatic heterocycles. The van der Waals surface area contributed by atoms with E-state index in [4.69, 9.17) is 4.74 Å². The van der Waals surface area contributed by atoms with Gasteiger partial charge < -0.3 is 9.47 Å². The van der Waals surface area contributed by atoms with Crippen LogP contribution in [0.1, 0.15) is 26.2 Å². The molecule has 1 aromatic rings. The topological polar surface area (TPSA) is 35.5 Å². The predicted octanol–water partition coefficient (Wildman–Crippen LogP) is 3.72. The summed E-state index contributed by atoms with van der Waals surface area (Å²) in [6.45, 7) is 1.93. The highest BCUT2D eigenvalue weighted by molar-refractivity contribution is 5.77. The molecule has 6 heteroatoms. The molecule has 0 heterocycles. The fraction of sp³-hybridized carbons (Fsp3) is 0.462. The summed E-state index contributed by atoms with van der Waals surface area (Å²) in [5.41, 5.74) is 0. The number of alkyl halides is 3. The molecule has 0 unspecified atom stereocenters. The molecule has 0 aromatic heterocycles. The number of halogens is 3. The molecule has 3 nitrogen and oxygen atoms in total. The van der Waals surface area contributed by atoms with Crippen LogP contribution in [0.15, 0.2) is 24.3 Å². The first-order valence-corrected chi connectivity index (χ1v) is 5.91. The Morgan fingerprint density at radius 1 is 1.21 bits per heavy atom. The van der Waals surface area contributed by atoms with Crippen LogP contribution >= 0.6 is 0 Å². The smallest absolute Gasteiger partial charge is 0.490 e. The maximum atomic E-state index is 12.1. The summed E-state index contributed by atoms with van der Waals surface area (Å²) in [5, 5.41) is 0. The Bertz CT molecular complexity index is 416. The zero-order chi connectivity index (χ0) is 14.3. The summed E-state index contributed by atoms with van der Waals surface area (Å²) in [6, 6.07) is 5.55. The molecule has 0 saturated heterocycles. The number of carbonyl (C=O) groups excluding carboxylic acids is 1. The lowest BCUT2D eigenvalue weighted by Crippen LogP contribution is -2.17. The minimum absolute atomic E-state index is 0.0174. The number of benzene rings is 1. The molecule has 1 aromatic carbocycles. The zero-order valence-electron chi connectivity index (χ0n) is 10.5. The largest absolute Gasteiger partial charge is 0.573 e. The van der Waals surface area contributed by atoms with Crippen LogP contribution in [0.25, 0.3) is 0 Å². The van der Waals surface area contributed by atoms with Gasteiger partial charge >= 0.3 is 6.36 Å². The molecule has 0 radical (unpaired) electrons. The molecule has 19 heavy (non-hydrogen) atoms. The SMILES string of the molecule is CCC(=O)CCCOc1ccccc1OC(F)(F)F. The van der Waals surface area contributed by atoms with Gasteiger partial charge in [-0.2, -0.15) is 0 Å². The van der Waals surface area contributed by atoms with Crippen molar-refractivity contribution in [3.63, 3.8) is 0 Å². The van der Waals surface area contributed by atoms with E-state index in [0.717, 1.165) is 0 Å². The number of Topliss-reactive ketones (excluding diaryl/α,β-unsaturated/α-hetero) is 1. The summed E-state index contributed by atoms with van der Waals surface area (Å²) >= 11 is 0. The average molecular weight is 276 g/mol. The fourth-order valence-electron chi connectivity index (χ4n) is 1.41. The normalized spacial score (nSPS) is 11.2. The second-order valence-electron chi connectivity index (χ2n) is 3.84. The summed E-state index contributed by atoms with van der Waals surface area (Å²) in [6.07, 6.45) is -3.47. The summed E-state index contributed by atoms with van der Waals surface area (Å²) < 4.78 is 45.5. The molecule has 106 valence electrons. The Morgan fingerprint density at radius 3 is 2.42 bits per heavy atom. The van der Waals surface area contributed by atoms with Crippen molar-refractivity contribution in [2.75, 3.05) is 6.61 Å². The van der Waals surface area contributed by atoms with Crippen LogP contribution in [-0.2, 0) is 4.79 Å². The molecule has 0 amide bonds. The highest BCUT2D eigenvalue weighted by Crippen LogP contribution is 2.31. The van der Waals surface area contributed by atoms with E-state index in [9.17, 15) is 18.0 Å². The number of ketones is 1. The molecule has 1 rings (SSSR count). The van der Waals surface area contributed by atoms with Crippen molar-refractivity contribution in [3.8, 4) is 11.5 Å². The van der Waals surface area contributed by atoms with Crippen molar-refractivity contribution in [3.05, 3.63) is 24.3 Å². The van der Waals surface area contributed by atoms with Gasteiger partial charge in [0.25, 0.3) is 0 Å².